The van der Waals surface area contributed by atoms with Crippen molar-refractivity contribution in [2.45, 2.75) is 26.7 Å². The van der Waals surface area contributed by atoms with E-state index in [-0.39, 0.29) is 5.92 Å². The van der Waals surface area contributed by atoms with Gasteiger partial charge >= 0.3 is 0 Å². The maximum atomic E-state index is 5.83. The molecule has 0 atom stereocenters. The van der Waals surface area contributed by atoms with Gasteiger partial charge in [0, 0.05) is 11.1 Å². The minimum atomic E-state index is 0.276. The first-order valence-electron chi connectivity index (χ1n) is 6.11. The van der Waals surface area contributed by atoms with Crippen LogP contribution in [0, 0.1) is 0 Å². The number of aromatic nitrogens is 1. The molecule has 0 saturated heterocycles. The van der Waals surface area contributed by atoms with Crippen LogP contribution >= 0.6 is 0 Å². The molecule has 0 radical (unpaired) electrons. The lowest BCUT2D eigenvalue weighted by Crippen LogP contribution is -1.95. The van der Waals surface area contributed by atoms with Crippen molar-refractivity contribution in [1.82, 2.24) is 5.16 Å². The summed E-state index contributed by atoms with van der Waals surface area (Å²) >= 11 is 0. The lowest BCUT2D eigenvalue weighted by atomic mass is 9.99. The number of nitrogens with zero attached hydrogens (tertiary/aromatic N) is 1. The standard InChI is InChI=1S/C14H18N2O2/c1-4-17-11-7-5-10(6-8-11)13-12(9(2)3)14(15)16-18-13/h5-9H,4H2,1-3H3,(H2,15,16). The Morgan fingerprint density at radius 3 is 2.50 bits per heavy atom. The van der Waals surface area contributed by atoms with Crippen molar-refractivity contribution in [2.24, 2.45) is 0 Å². The van der Waals surface area contributed by atoms with Gasteiger partial charge in [-0.15, -0.1) is 0 Å². The highest BCUT2D eigenvalue weighted by Crippen LogP contribution is 2.33. The molecule has 0 unspecified atom stereocenters. The van der Waals surface area contributed by atoms with Crippen LogP contribution in [-0.4, -0.2) is 11.8 Å². The van der Waals surface area contributed by atoms with Crippen molar-refractivity contribution < 1.29 is 9.26 Å². The Labute approximate surface area is 107 Å². The van der Waals surface area contributed by atoms with Crippen molar-refractivity contribution in [1.29, 1.82) is 0 Å². The van der Waals surface area contributed by atoms with Crippen LogP contribution in [0.4, 0.5) is 5.82 Å². The Bertz CT molecular complexity index is 515. The highest BCUT2D eigenvalue weighted by molar-refractivity contribution is 5.67. The lowest BCUT2D eigenvalue weighted by Gasteiger charge is -2.06. The first kappa shape index (κ1) is 12.5. The van der Waals surface area contributed by atoms with Crippen molar-refractivity contribution in [3.63, 3.8) is 0 Å². The number of nitrogens with two attached hydrogens (primary N) is 1. The van der Waals surface area contributed by atoms with Gasteiger partial charge in [0.1, 0.15) is 5.75 Å². The van der Waals surface area contributed by atoms with Crippen LogP contribution in [0.25, 0.3) is 11.3 Å². The van der Waals surface area contributed by atoms with E-state index < -0.39 is 0 Å². The predicted molar refractivity (Wildman–Crippen MR) is 71.6 cm³/mol. The molecule has 0 fully saturated rings. The summed E-state index contributed by atoms with van der Waals surface area (Å²) in [6.45, 7) is 6.76. The Hall–Kier alpha value is -1.97. The van der Waals surface area contributed by atoms with Crippen LogP contribution in [0.1, 0.15) is 32.3 Å². The summed E-state index contributed by atoms with van der Waals surface area (Å²) in [6.07, 6.45) is 0. The van der Waals surface area contributed by atoms with E-state index in [0.29, 0.717) is 12.4 Å². The van der Waals surface area contributed by atoms with Gasteiger partial charge in [-0.3, -0.25) is 0 Å². The zero-order valence-corrected chi connectivity index (χ0v) is 10.9. The second kappa shape index (κ2) is 5.12. The maximum absolute atomic E-state index is 5.83. The molecule has 2 rings (SSSR count). The maximum Gasteiger partial charge on any atom is 0.172 e. The fraction of sp³-hybridized carbons (Fsp3) is 0.357. The minimum Gasteiger partial charge on any atom is -0.494 e. The molecule has 0 saturated carbocycles. The van der Waals surface area contributed by atoms with Gasteiger partial charge in [-0.25, -0.2) is 0 Å². The molecule has 2 N–H and O–H groups in total. The van der Waals surface area contributed by atoms with Gasteiger partial charge in [0.15, 0.2) is 11.6 Å². The molecule has 0 spiro atoms. The third-order valence-electron chi connectivity index (χ3n) is 2.76. The number of anilines is 1. The highest BCUT2D eigenvalue weighted by atomic mass is 16.5. The first-order valence-corrected chi connectivity index (χ1v) is 6.11. The van der Waals surface area contributed by atoms with Crippen molar-refractivity contribution in [3.05, 3.63) is 29.8 Å². The van der Waals surface area contributed by atoms with Gasteiger partial charge in [-0.1, -0.05) is 19.0 Å². The molecule has 0 bridgehead atoms. The monoisotopic (exact) mass is 246 g/mol. The van der Waals surface area contributed by atoms with Gasteiger partial charge in [-0.2, -0.15) is 0 Å². The van der Waals surface area contributed by atoms with Crippen LogP contribution in [-0.2, 0) is 0 Å². The number of ether oxygens (including phenoxy) is 1. The van der Waals surface area contributed by atoms with E-state index in [9.17, 15) is 0 Å². The molecule has 0 aliphatic carbocycles. The van der Waals surface area contributed by atoms with Crippen molar-refractivity contribution >= 4 is 5.82 Å². The molecule has 0 aliphatic rings. The van der Waals surface area contributed by atoms with E-state index in [1.165, 1.54) is 0 Å². The second-order valence-corrected chi connectivity index (χ2v) is 4.42. The van der Waals surface area contributed by atoms with Gasteiger partial charge < -0.3 is 15.0 Å². The average Bonchev–Trinajstić information content (AvgIpc) is 2.73. The second-order valence-electron chi connectivity index (χ2n) is 4.42. The Morgan fingerprint density at radius 1 is 1.28 bits per heavy atom. The summed E-state index contributed by atoms with van der Waals surface area (Å²) in [5, 5.41) is 3.84. The van der Waals surface area contributed by atoms with Crippen LogP contribution in [0.5, 0.6) is 5.75 Å². The largest absolute Gasteiger partial charge is 0.494 e. The first-order chi connectivity index (χ1) is 8.63. The van der Waals surface area contributed by atoms with Gasteiger partial charge in [0.25, 0.3) is 0 Å². The minimum absolute atomic E-state index is 0.276. The molecule has 1 aromatic heterocycles. The number of hydrogen-bond acceptors (Lipinski definition) is 4. The summed E-state index contributed by atoms with van der Waals surface area (Å²) < 4.78 is 10.7. The van der Waals surface area contributed by atoms with E-state index in [0.717, 1.165) is 22.6 Å². The summed E-state index contributed by atoms with van der Waals surface area (Å²) in [4.78, 5) is 0. The lowest BCUT2D eigenvalue weighted by molar-refractivity contribution is 0.340. The van der Waals surface area contributed by atoms with E-state index in [4.69, 9.17) is 15.0 Å². The number of hydrogen-bond donors (Lipinski definition) is 1. The zero-order valence-electron chi connectivity index (χ0n) is 10.9. The number of nitrogen functional groups attached to an aromatic ring is 1. The summed E-state index contributed by atoms with van der Waals surface area (Å²) in [5.74, 6) is 2.33. The van der Waals surface area contributed by atoms with E-state index in [1.54, 1.807) is 0 Å². The molecule has 96 valence electrons. The van der Waals surface area contributed by atoms with Crippen molar-refractivity contribution in [3.8, 4) is 17.1 Å². The number of rotatable bonds is 4. The van der Waals surface area contributed by atoms with E-state index in [2.05, 4.69) is 19.0 Å². The molecule has 18 heavy (non-hydrogen) atoms. The Kier molecular flexibility index (Phi) is 3.55. The van der Waals surface area contributed by atoms with Crippen LogP contribution in [0.3, 0.4) is 0 Å². The smallest absolute Gasteiger partial charge is 0.172 e. The fourth-order valence-electron chi connectivity index (χ4n) is 1.94. The van der Waals surface area contributed by atoms with Gasteiger partial charge in [-0.05, 0) is 37.1 Å². The highest BCUT2D eigenvalue weighted by Gasteiger charge is 2.18. The molecule has 0 aliphatic heterocycles. The van der Waals surface area contributed by atoms with E-state index >= 15 is 0 Å². The molecule has 0 amide bonds. The zero-order chi connectivity index (χ0) is 13.1. The van der Waals surface area contributed by atoms with Crippen molar-refractivity contribution in [2.75, 3.05) is 12.3 Å². The summed E-state index contributed by atoms with van der Waals surface area (Å²) in [6, 6.07) is 7.75. The SMILES string of the molecule is CCOc1ccc(-c2onc(N)c2C(C)C)cc1. The average molecular weight is 246 g/mol. The Balaban J connectivity index is 2.37. The van der Waals surface area contributed by atoms with Crippen LogP contribution < -0.4 is 10.5 Å². The van der Waals surface area contributed by atoms with Crippen LogP contribution in [0.15, 0.2) is 28.8 Å². The molecular weight excluding hydrogens is 228 g/mol. The summed E-state index contributed by atoms with van der Waals surface area (Å²) in [5.41, 5.74) is 7.75. The predicted octanol–water partition coefficient (Wildman–Crippen LogP) is 3.45. The molecular formula is C14H18N2O2. The topological polar surface area (TPSA) is 61.3 Å². The van der Waals surface area contributed by atoms with E-state index in [1.807, 2.05) is 31.2 Å². The Morgan fingerprint density at radius 2 is 1.94 bits per heavy atom. The van der Waals surface area contributed by atoms with Gasteiger partial charge in [0.2, 0.25) is 0 Å². The normalized spacial score (nSPS) is 10.9. The summed E-state index contributed by atoms with van der Waals surface area (Å²) in [7, 11) is 0. The fourth-order valence-corrected chi connectivity index (χ4v) is 1.94. The molecule has 2 aromatic rings. The molecule has 4 heteroatoms. The molecule has 1 heterocycles. The third-order valence-corrected chi connectivity index (χ3v) is 2.76. The third kappa shape index (κ3) is 2.32. The number of benzene rings is 1. The quantitative estimate of drug-likeness (QED) is 0.897. The van der Waals surface area contributed by atoms with Crippen LogP contribution in [0.2, 0.25) is 0 Å². The molecule has 4 nitrogen and oxygen atoms in total. The van der Waals surface area contributed by atoms with Gasteiger partial charge in [0.05, 0.1) is 6.61 Å². The molecule has 1 aromatic carbocycles.